The van der Waals surface area contributed by atoms with Crippen molar-refractivity contribution in [3.05, 3.63) is 285 Å². The Labute approximate surface area is 666 Å². The molecule has 2 fully saturated rings. The molecule has 8 nitrogen and oxygen atoms in total. The summed E-state index contributed by atoms with van der Waals surface area (Å²) in [6.07, 6.45) is 13.6. The van der Waals surface area contributed by atoms with Gasteiger partial charge in [0, 0.05) is 89.6 Å². The Morgan fingerprint density at radius 3 is 1.25 bits per heavy atom. The van der Waals surface area contributed by atoms with Crippen molar-refractivity contribution in [2.24, 2.45) is 34.1 Å². The number of hydrogen-bond donors (Lipinski definition) is 0. The minimum absolute atomic E-state index is 0.134. The summed E-state index contributed by atoms with van der Waals surface area (Å²) in [5.41, 5.74) is 32.9. The Morgan fingerprint density at radius 1 is 0.345 bits per heavy atom. The summed E-state index contributed by atoms with van der Waals surface area (Å²) in [5, 5.41) is 5.29. The molecule has 2 aliphatic carbocycles. The van der Waals surface area contributed by atoms with Crippen LogP contribution in [0.25, 0.3) is 65.9 Å². The van der Waals surface area contributed by atoms with Crippen molar-refractivity contribution in [2.45, 2.75) is 139 Å². The van der Waals surface area contributed by atoms with E-state index in [0.29, 0.717) is 17.1 Å². The lowest BCUT2D eigenvalue weighted by atomic mass is 9.47. The molecule has 0 saturated heterocycles. The molecule has 4 aliphatic heterocycles. The maximum absolute atomic E-state index is 8.21. The molecule has 18 rings (SSSR count). The predicted molar refractivity (Wildman–Crippen MR) is 475 cm³/mol. The first-order valence-electron chi connectivity index (χ1n) is 43.2. The van der Waals surface area contributed by atoms with E-state index < -0.39 is 13.7 Å². The normalized spacial score (nSPS) is 17.0. The molecule has 0 N–H and O–H groups in total. The standard InChI is InChI=1S/C28H34BN2.C26H30BN2.C23H26BN2.C21H22BN2/c1-20-21(2)29(31(4)27-17-11-8-14-24(20)27)28-19-23(18-22-12-6-5-7-13-22)25-15-9-10-16-26(25)30(28)3;1-18-19(2)27(29(4)25-16-10-7-13-21(18)25)26-17-23(20-11-5-6-12-20)22-14-8-9-15-24(22)28(26)3;1-15-10-9-13-21-23(15)16(2)14-22(25(21)5)24-18(4)17(3)19-11-7-8-12-20(19)26(24)6;1-15-16(2)22(24(4)20-12-8-6-10-18(15)20)21-14-13-17-9-5-7-11-19(17)23(21)3/h8-11,14-17,19,22H,5-7,12-13,18H2,1-4H3;7-10,13-17,20H,5-6,11-12H2,1-4H3;7-14H,1-6H3;5-14H,1-4H3/q4*+1/i;;3D3;1D3. The number of anilines is 4. The van der Waals surface area contributed by atoms with Crippen molar-refractivity contribution < 1.29 is 26.5 Å². The Hall–Kier alpha value is -10.2. The second kappa shape index (κ2) is 31.3. The summed E-state index contributed by atoms with van der Waals surface area (Å²) < 4.78 is 58.3. The van der Waals surface area contributed by atoms with Crippen LogP contribution in [0.1, 0.15) is 172 Å². The highest BCUT2D eigenvalue weighted by Gasteiger charge is 2.44. The topological polar surface area (TPSA) is 28.5 Å². The van der Waals surface area contributed by atoms with E-state index in [1.165, 1.54) is 169 Å². The molecule has 4 aromatic heterocycles. The van der Waals surface area contributed by atoms with Crippen LogP contribution in [0.2, 0.25) is 0 Å². The van der Waals surface area contributed by atoms with Crippen LogP contribution < -0.4 is 59.9 Å². The van der Waals surface area contributed by atoms with E-state index in [1.54, 1.807) is 5.56 Å². The minimum atomic E-state index is -2.17. The summed E-state index contributed by atoms with van der Waals surface area (Å²) in [6.45, 7) is 13.3. The molecular weight excluding hydrogens is 1330 g/mol. The molecule has 8 aromatic carbocycles. The molecule has 0 unspecified atom stereocenters. The Morgan fingerprint density at radius 2 is 0.727 bits per heavy atom. The average molecular weight is 1450 g/mol. The lowest BCUT2D eigenvalue weighted by Gasteiger charge is -2.34. The van der Waals surface area contributed by atoms with Crippen LogP contribution in [0.3, 0.4) is 0 Å². The minimum Gasteiger partial charge on any atom is -0.404 e. The van der Waals surface area contributed by atoms with Gasteiger partial charge in [0.05, 0.1) is 5.39 Å². The first-order chi connectivity index (χ1) is 55.6. The number of benzene rings is 8. The molecule has 6 aliphatic rings. The van der Waals surface area contributed by atoms with E-state index in [-0.39, 0.29) is 27.4 Å². The Balaban J connectivity index is 0.000000122. The molecule has 8 heterocycles. The van der Waals surface area contributed by atoms with Crippen molar-refractivity contribution in [2.75, 3.05) is 47.4 Å². The lowest BCUT2D eigenvalue weighted by Crippen LogP contribution is -2.62. The van der Waals surface area contributed by atoms with E-state index in [4.69, 9.17) is 8.22 Å². The van der Waals surface area contributed by atoms with Gasteiger partial charge in [-0.15, -0.1) is 0 Å². The van der Waals surface area contributed by atoms with Crippen molar-refractivity contribution in [3.8, 4) is 0 Å². The Bertz CT molecular complexity index is 5970. The number of aromatic nitrogens is 4. The van der Waals surface area contributed by atoms with Crippen LogP contribution in [-0.4, -0.2) is 55.6 Å². The van der Waals surface area contributed by atoms with Gasteiger partial charge in [-0.25, -0.2) is 18.3 Å². The molecule has 2 saturated carbocycles. The third-order valence-corrected chi connectivity index (χ3v) is 26.3. The van der Waals surface area contributed by atoms with Crippen molar-refractivity contribution in [3.63, 3.8) is 0 Å². The summed E-state index contributed by atoms with van der Waals surface area (Å²) in [5.74, 6) is 1.53. The third kappa shape index (κ3) is 13.5. The molecule has 12 aromatic rings. The maximum atomic E-state index is 8.21. The second-order valence-corrected chi connectivity index (χ2v) is 32.5. The summed E-state index contributed by atoms with van der Waals surface area (Å²) in [6, 6.07) is 77.4. The van der Waals surface area contributed by atoms with Gasteiger partial charge in [-0.1, -0.05) is 188 Å². The van der Waals surface area contributed by atoms with Crippen LogP contribution in [0, 0.1) is 19.8 Å². The number of nitrogens with zero attached hydrogens (tertiary/aromatic N) is 8. The van der Waals surface area contributed by atoms with Gasteiger partial charge in [-0.05, 0) is 250 Å². The number of rotatable bonds is 7. The highest BCUT2D eigenvalue weighted by molar-refractivity contribution is 6.85. The highest BCUT2D eigenvalue weighted by Crippen LogP contribution is 2.42. The number of fused-ring (bicyclic) bond motifs is 8. The van der Waals surface area contributed by atoms with Crippen molar-refractivity contribution in [1.82, 2.24) is 0 Å². The van der Waals surface area contributed by atoms with Gasteiger partial charge < -0.3 is 19.2 Å². The van der Waals surface area contributed by atoms with Crippen molar-refractivity contribution in [1.29, 1.82) is 0 Å². The summed E-state index contributed by atoms with van der Waals surface area (Å²) in [4.78, 5) is 9.34. The number of allylic oxidation sites excluding steroid dienone is 8. The highest BCUT2D eigenvalue weighted by atomic mass is 15.1. The van der Waals surface area contributed by atoms with Crippen LogP contribution in [-0.2, 0) is 34.6 Å². The van der Waals surface area contributed by atoms with Gasteiger partial charge >= 0.3 is 27.4 Å². The fraction of sp³-hybridized carbons (Fsp3) is 0.306. The molecule has 0 amide bonds. The van der Waals surface area contributed by atoms with Gasteiger partial charge in [-0.2, -0.15) is 0 Å². The summed E-state index contributed by atoms with van der Waals surface area (Å²) in [7, 11) is 17.2. The molecule has 0 radical (unpaired) electrons. The lowest BCUT2D eigenvalue weighted by molar-refractivity contribution is -0.627. The largest absolute Gasteiger partial charge is 0.404 e. The van der Waals surface area contributed by atoms with Gasteiger partial charge in [0.15, 0.2) is 22.4 Å². The van der Waals surface area contributed by atoms with Crippen molar-refractivity contribution >= 4 is 138 Å². The average Bonchev–Trinajstić information content (AvgIpc) is 0.778. The van der Waals surface area contributed by atoms with Crippen LogP contribution in [0.4, 0.5) is 22.7 Å². The van der Waals surface area contributed by atoms with Gasteiger partial charge in [-0.3, -0.25) is 0 Å². The van der Waals surface area contributed by atoms with Gasteiger partial charge in [0.25, 0.3) is 0 Å². The monoisotopic (exact) mass is 1450 g/mol. The molecule has 0 atom stereocenters. The smallest absolute Gasteiger partial charge is 0.399 e. The molecule has 552 valence electrons. The van der Waals surface area contributed by atoms with Crippen LogP contribution in [0.15, 0.2) is 240 Å². The van der Waals surface area contributed by atoms with E-state index in [0.717, 1.165) is 61.6 Å². The van der Waals surface area contributed by atoms with E-state index >= 15 is 0 Å². The molecule has 0 bridgehead atoms. The van der Waals surface area contributed by atoms with E-state index in [2.05, 4.69) is 279 Å². The number of hydrogen-bond acceptors (Lipinski definition) is 4. The maximum Gasteiger partial charge on any atom is 0.399 e. The first-order valence-corrected chi connectivity index (χ1v) is 40.2. The zero-order valence-corrected chi connectivity index (χ0v) is 67.9. The fourth-order valence-corrected chi connectivity index (χ4v) is 20.0. The third-order valence-electron chi connectivity index (χ3n) is 26.3. The fourth-order valence-electron chi connectivity index (χ4n) is 20.0. The SMILES string of the molecule is CC1=C(C)c2ccccc2N(C)B1c1cc(C2CCCC2)c2ccccc2[n+]1C.CC1=C(C)c2ccccc2N(C)B1c1cc(CC2CCCCC2)c2ccccc2[n+]1C.[2H]C([2H])([2H])C1=C(C)B(c2cc(C)c3c(C)cccc3[n+]2C)N(C)c2ccccc21.[2H]C([2H])([2H])C1=C(C)B(c2ccc3ccccc3[n+]2C)N(C)c2ccccc21. The quantitative estimate of drug-likeness (QED) is 0.117. The van der Waals surface area contributed by atoms with E-state index in [1.807, 2.05) is 88.6 Å². The van der Waals surface area contributed by atoms with Gasteiger partial charge in [0.2, 0.25) is 22.1 Å². The number of para-hydroxylation sites is 7. The summed E-state index contributed by atoms with van der Waals surface area (Å²) >= 11 is 0. The Kier molecular flexibility index (Phi) is 19.3. The van der Waals surface area contributed by atoms with Crippen LogP contribution >= 0.6 is 0 Å². The first kappa shape index (κ1) is 67.9. The molecule has 0 spiro atoms. The predicted octanol–water partition coefficient (Wildman–Crippen LogP) is 17.8. The number of pyridine rings is 4. The number of aryl methyl sites for hydroxylation is 6. The zero-order valence-electron chi connectivity index (χ0n) is 73.9. The van der Waals surface area contributed by atoms with Gasteiger partial charge in [0.1, 0.15) is 28.2 Å². The van der Waals surface area contributed by atoms with E-state index in [9.17, 15) is 0 Å². The molecule has 110 heavy (non-hydrogen) atoms. The molecule has 12 heteroatoms. The zero-order chi connectivity index (χ0) is 82.1. The molecular formula is C98H112B4N8+4. The second-order valence-electron chi connectivity index (χ2n) is 32.5. The van der Waals surface area contributed by atoms with Crippen LogP contribution in [0.5, 0.6) is 0 Å².